The first-order valence-corrected chi connectivity index (χ1v) is 14.0. The average molecular weight is 730 g/mol. The molecule has 0 amide bonds. The summed E-state index contributed by atoms with van der Waals surface area (Å²) in [6, 6.07) is 50.0. The number of rotatable bonds is 0. The maximum absolute atomic E-state index is 4.41. The molecule has 3 aromatic heterocycles. The van der Waals surface area contributed by atoms with Gasteiger partial charge in [-0.15, -0.1) is 0 Å². The number of aromatic nitrogens is 3. The Labute approximate surface area is 263 Å². The molecule has 0 fully saturated rings. The molecule has 43 heavy (non-hydrogen) atoms. The molecule has 0 aliphatic heterocycles. The molecule has 3 nitrogen and oxygen atoms in total. The number of hydrogen-bond acceptors (Lipinski definition) is 3. The topological polar surface area (TPSA) is 38.7 Å². The van der Waals surface area contributed by atoms with E-state index in [2.05, 4.69) is 142 Å². The Bertz CT molecular complexity index is 1900. The summed E-state index contributed by atoms with van der Waals surface area (Å²) in [5.41, 5.74) is 3.27. The minimum atomic E-state index is 0. The molecule has 9 rings (SSSR count). The molecule has 6 aromatic carbocycles. The second kappa shape index (κ2) is 12.9. The van der Waals surface area contributed by atoms with Gasteiger partial charge in [0, 0.05) is 50.9 Å². The Hall–Kier alpha value is -5.02. The van der Waals surface area contributed by atoms with Gasteiger partial charge in [-0.2, -0.15) is 0 Å². The zero-order valence-corrected chi connectivity index (χ0v) is 25.7. The van der Waals surface area contributed by atoms with E-state index in [-0.39, 0.29) is 20.1 Å². The third-order valence-corrected chi connectivity index (χ3v) is 7.49. The van der Waals surface area contributed by atoms with Gasteiger partial charge in [0.05, 0.1) is 16.6 Å². The normalized spacial score (nSPS) is 10.6. The molecular weight excluding hydrogens is 703 g/mol. The van der Waals surface area contributed by atoms with Crippen LogP contribution in [0.15, 0.2) is 164 Å². The molecule has 0 saturated carbocycles. The van der Waals surface area contributed by atoms with Gasteiger partial charge in [-0.1, -0.05) is 127 Å². The van der Waals surface area contributed by atoms with Gasteiger partial charge in [0.2, 0.25) is 0 Å². The van der Waals surface area contributed by atoms with Gasteiger partial charge in [-0.05, 0) is 34.4 Å². The van der Waals surface area contributed by atoms with Gasteiger partial charge in [0.25, 0.3) is 0 Å². The maximum Gasteiger partial charge on any atom is 3.00 e. The van der Waals surface area contributed by atoms with E-state index >= 15 is 0 Å². The van der Waals surface area contributed by atoms with Crippen LogP contribution in [0.1, 0.15) is 0 Å². The maximum atomic E-state index is 4.41. The van der Waals surface area contributed by atoms with Gasteiger partial charge in [-0.3, -0.25) is 15.0 Å². The molecule has 0 spiro atoms. The van der Waals surface area contributed by atoms with E-state index in [0.717, 1.165) is 16.6 Å². The largest absolute Gasteiger partial charge is 3.00 e. The van der Waals surface area contributed by atoms with Gasteiger partial charge in [0.15, 0.2) is 0 Å². The summed E-state index contributed by atoms with van der Waals surface area (Å²) >= 11 is 0. The van der Waals surface area contributed by atoms with Crippen LogP contribution in [-0.2, 0) is 20.1 Å². The van der Waals surface area contributed by atoms with Crippen LogP contribution in [0.5, 0.6) is 0 Å². The van der Waals surface area contributed by atoms with E-state index in [1.165, 1.54) is 48.5 Å². The first-order chi connectivity index (χ1) is 20.8. The molecule has 3 heterocycles. The fraction of sp³-hybridized carbons (Fsp3) is 0. The van der Waals surface area contributed by atoms with Crippen molar-refractivity contribution in [2.75, 3.05) is 0 Å². The van der Waals surface area contributed by atoms with Gasteiger partial charge in [0.1, 0.15) is 0 Å². The van der Waals surface area contributed by atoms with Crippen molar-refractivity contribution in [1.29, 1.82) is 0 Å². The second-order valence-electron chi connectivity index (χ2n) is 10.1. The van der Waals surface area contributed by atoms with Gasteiger partial charge < -0.3 is 0 Å². The molecule has 0 unspecified atom stereocenters. The van der Waals surface area contributed by atoms with Crippen molar-refractivity contribution in [3.8, 4) is 0 Å². The summed E-state index contributed by atoms with van der Waals surface area (Å²) in [5.74, 6) is 0. The number of hydrogen-bond donors (Lipinski definition) is 0. The first kappa shape index (κ1) is 28.1. The Morgan fingerprint density at radius 2 is 0.512 bits per heavy atom. The van der Waals surface area contributed by atoms with E-state index < -0.39 is 0 Å². The summed E-state index contributed by atoms with van der Waals surface area (Å²) in [6.45, 7) is 0. The Morgan fingerprint density at radius 3 is 0.837 bits per heavy atom. The first-order valence-electron chi connectivity index (χ1n) is 14.0. The Balaban J connectivity index is 0.000000113. The summed E-state index contributed by atoms with van der Waals surface area (Å²) < 4.78 is 0. The minimum Gasteiger partial charge on any atom is -0.256 e. The van der Waals surface area contributed by atoms with E-state index in [0.29, 0.717) is 0 Å². The quantitative estimate of drug-likeness (QED) is 0.146. The number of fused-ring (bicyclic) bond motifs is 9. The number of pyridine rings is 3. The van der Waals surface area contributed by atoms with E-state index in [1.54, 1.807) is 0 Å². The van der Waals surface area contributed by atoms with Crippen LogP contribution in [-0.4, -0.2) is 15.0 Å². The smallest absolute Gasteiger partial charge is 0.256 e. The fourth-order valence-electron chi connectivity index (χ4n) is 5.44. The van der Waals surface area contributed by atoms with Crippen LogP contribution in [0.3, 0.4) is 0 Å². The second-order valence-corrected chi connectivity index (χ2v) is 10.1. The monoisotopic (exact) mass is 730 g/mol. The van der Waals surface area contributed by atoms with Crippen LogP contribution >= 0.6 is 0 Å². The predicted octanol–water partition coefficient (Wildman–Crippen LogP) is 10.2. The summed E-state index contributed by atoms with van der Waals surface area (Å²) in [5, 5.41) is 11.0. The third kappa shape index (κ3) is 5.85. The van der Waals surface area contributed by atoms with E-state index in [9.17, 15) is 0 Å². The molecule has 204 valence electrons. The van der Waals surface area contributed by atoms with Crippen molar-refractivity contribution >= 4 is 65.0 Å². The molecule has 0 N–H and O–H groups in total. The molecular formula is C39H27IrN3+3. The van der Waals surface area contributed by atoms with Crippen molar-refractivity contribution in [2.24, 2.45) is 0 Å². The van der Waals surface area contributed by atoms with Crippen LogP contribution < -0.4 is 0 Å². The SMILES string of the molecule is [Ir+3].c1ccc2c(c1)ccc1cccnc12.c1ccc2c(c1)ccc1cccnc12.c1ccc2c(c1)ccc1cccnc12. The van der Waals surface area contributed by atoms with Crippen molar-refractivity contribution < 1.29 is 20.1 Å². The molecule has 0 saturated heterocycles. The van der Waals surface area contributed by atoms with Gasteiger partial charge in [-0.25, -0.2) is 0 Å². The van der Waals surface area contributed by atoms with Crippen LogP contribution in [0.4, 0.5) is 0 Å². The minimum absolute atomic E-state index is 0. The van der Waals surface area contributed by atoms with Crippen molar-refractivity contribution in [2.45, 2.75) is 0 Å². The van der Waals surface area contributed by atoms with Gasteiger partial charge >= 0.3 is 20.1 Å². The number of benzene rings is 6. The van der Waals surface area contributed by atoms with Crippen molar-refractivity contribution in [3.63, 3.8) is 0 Å². The third-order valence-electron chi connectivity index (χ3n) is 7.49. The molecule has 0 bridgehead atoms. The average Bonchev–Trinajstić information content (AvgIpc) is 3.09. The predicted molar refractivity (Wildman–Crippen MR) is 178 cm³/mol. The van der Waals surface area contributed by atoms with E-state index in [4.69, 9.17) is 0 Å². The molecule has 0 aliphatic rings. The fourth-order valence-corrected chi connectivity index (χ4v) is 5.44. The summed E-state index contributed by atoms with van der Waals surface area (Å²) in [7, 11) is 0. The number of nitrogens with zero attached hydrogens (tertiary/aromatic N) is 3. The van der Waals surface area contributed by atoms with Crippen LogP contribution in [0.25, 0.3) is 65.0 Å². The van der Waals surface area contributed by atoms with Crippen molar-refractivity contribution in [1.82, 2.24) is 15.0 Å². The Kier molecular flexibility index (Phi) is 8.42. The molecule has 0 atom stereocenters. The summed E-state index contributed by atoms with van der Waals surface area (Å²) in [4.78, 5) is 13.2. The zero-order chi connectivity index (χ0) is 28.1. The standard InChI is InChI=1S/3C13H9N.Ir/c3*1-2-6-12-10(4-1)7-8-11-5-3-9-14-13(11)12;/h3*1-9H;/q;;;+3. The molecule has 0 aliphatic carbocycles. The molecule has 9 aromatic rings. The van der Waals surface area contributed by atoms with E-state index in [1.807, 2.05) is 36.8 Å². The zero-order valence-electron chi connectivity index (χ0n) is 23.3. The van der Waals surface area contributed by atoms with Crippen LogP contribution in [0.2, 0.25) is 0 Å². The Morgan fingerprint density at radius 1 is 0.256 bits per heavy atom. The summed E-state index contributed by atoms with van der Waals surface area (Å²) in [6.07, 6.45) is 5.53. The van der Waals surface area contributed by atoms with Crippen LogP contribution in [0, 0.1) is 0 Å². The van der Waals surface area contributed by atoms with Crippen molar-refractivity contribution in [3.05, 3.63) is 164 Å². The molecule has 0 radical (unpaired) electrons. The molecule has 4 heteroatoms.